The Bertz CT molecular complexity index is 1020. The lowest BCUT2D eigenvalue weighted by molar-refractivity contribution is 0.305. The van der Waals surface area contributed by atoms with Crippen LogP contribution in [0.15, 0.2) is 66.7 Å². The third-order valence-corrected chi connectivity index (χ3v) is 5.56. The van der Waals surface area contributed by atoms with E-state index in [2.05, 4.69) is 62.4 Å². The van der Waals surface area contributed by atoms with Crippen LogP contribution in [-0.2, 0) is 19.4 Å². The molecule has 0 amide bonds. The molecule has 3 aromatic carbocycles. The second-order valence-electron chi connectivity index (χ2n) is 8.13. The maximum Gasteiger partial charge on any atom is 0.120 e. The molecule has 1 aliphatic rings. The van der Waals surface area contributed by atoms with Crippen LogP contribution in [0, 0.1) is 17.2 Å². The van der Waals surface area contributed by atoms with Crippen molar-refractivity contribution in [3.63, 3.8) is 0 Å². The van der Waals surface area contributed by atoms with E-state index in [1.165, 1.54) is 24.0 Å². The Balaban J connectivity index is 0.000000858. The molecule has 0 aliphatic heterocycles. The average Bonchev–Trinajstić information content (AvgIpc) is 2.83. The van der Waals surface area contributed by atoms with E-state index in [-0.39, 0.29) is 0 Å². The zero-order chi connectivity index (χ0) is 22.1. The first-order valence-corrected chi connectivity index (χ1v) is 11.2. The molecule has 0 saturated carbocycles. The normalized spacial score (nSPS) is 14.6. The molecule has 3 heteroatoms. The molecule has 0 aromatic heterocycles. The quantitative estimate of drug-likeness (QED) is 0.536. The number of ether oxygens (including phenoxy) is 1. The number of fused-ring (bicyclic) bond motifs is 1. The van der Waals surface area contributed by atoms with Crippen LogP contribution >= 0.6 is 0 Å². The molecule has 0 radical (unpaired) electrons. The number of nitriles is 1. The molecule has 1 aliphatic carbocycles. The van der Waals surface area contributed by atoms with E-state index in [1.807, 2.05) is 24.3 Å². The van der Waals surface area contributed by atoms with Gasteiger partial charge in [-0.3, -0.25) is 0 Å². The largest absolute Gasteiger partial charge is 0.489 e. The lowest BCUT2D eigenvalue weighted by atomic mass is 9.84. The fraction of sp³-hybridized carbons (Fsp3) is 0.321. The predicted molar refractivity (Wildman–Crippen MR) is 128 cm³/mol. The highest BCUT2D eigenvalue weighted by Gasteiger charge is 2.17. The second kappa shape index (κ2) is 11.3. The van der Waals surface area contributed by atoms with Gasteiger partial charge >= 0.3 is 0 Å². The molecule has 1 atom stereocenters. The lowest BCUT2D eigenvalue weighted by Crippen LogP contribution is -2.22. The Kier molecular flexibility index (Phi) is 8.27. The van der Waals surface area contributed by atoms with E-state index in [0.717, 1.165) is 41.8 Å². The number of hydrogen-bond acceptors (Lipinski definition) is 3. The molecule has 3 nitrogen and oxygen atoms in total. The standard InChI is InChI=1S/C25H24N2O.C3H8/c26-15-19-7-10-22-14-24(12-11-21(22)13-19)28-17-18-5-8-20(9-6-18)25-4-2-1-3-23(25)16-27;1-3-2/h1-6,8-9,11-12,14,19H,7,10,13,15,17,26H2;3H2,1-2H3. The highest BCUT2D eigenvalue weighted by atomic mass is 16.5. The van der Waals surface area contributed by atoms with Crippen molar-refractivity contribution in [2.24, 2.45) is 11.7 Å². The number of nitrogens with zero attached hydrogens (tertiary/aromatic N) is 1. The third kappa shape index (κ3) is 5.96. The minimum Gasteiger partial charge on any atom is -0.489 e. The Labute approximate surface area is 186 Å². The average molecular weight is 413 g/mol. The Morgan fingerprint density at radius 1 is 1.00 bits per heavy atom. The van der Waals surface area contributed by atoms with Gasteiger partial charge < -0.3 is 10.5 Å². The van der Waals surface area contributed by atoms with Crippen molar-refractivity contribution in [3.05, 3.63) is 89.0 Å². The predicted octanol–water partition coefficient (Wildman–Crippen LogP) is 6.28. The molecule has 0 saturated heterocycles. The van der Waals surface area contributed by atoms with E-state index in [0.29, 0.717) is 18.1 Å². The molecule has 0 fully saturated rings. The van der Waals surface area contributed by atoms with Gasteiger partial charge in [0.15, 0.2) is 0 Å². The van der Waals surface area contributed by atoms with Crippen LogP contribution in [-0.4, -0.2) is 6.54 Å². The van der Waals surface area contributed by atoms with Crippen molar-refractivity contribution in [1.29, 1.82) is 5.26 Å². The van der Waals surface area contributed by atoms with Crippen molar-refractivity contribution in [1.82, 2.24) is 0 Å². The highest BCUT2D eigenvalue weighted by Crippen LogP contribution is 2.29. The maximum atomic E-state index is 9.28. The smallest absolute Gasteiger partial charge is 0.120 e. The van der Waals surface area contributed by atoms with Gasteiger partial charge in [0, 0.05) is 0 Å². The second-order valence-corrected chi connectivity index (χ2v) is 8.13. The molecular formula is C28H32N2O. The molecule has 0 heterocycles. The maximum absolute atomic E-state index is 9.28. The third-order valence-electron chi connectivity index (χ3n) is 5.56. The molecule has 2 N–H and O–H groups in total. The van der Waals surface area contributed by atoms with Crippen LogP contribution in [0.5, 0.6) is 5.75 Å². The van der Waals surface area contributed by atoms with Crippen molar-refractivity contribution >= 4 is 0 Å². The lowest BCUT2D eigenvalue weighted by Gasteiger charge is -2.23. The summed E-state index contributed by atoms with van der Waals surface area (Å²) < 4.78 is 6.02. The van der Waals surface area contributed by atoms with Gasteiger partial charge in [-0.05, 0) is 77.7 Å². The van der Waals surface area contributed by atoms with Gasteiger partial charge in [0.05, 0.1) is 11.6 Å². The molecule has 4 rings (SSSR count). The molecule has 3 aromatic rings. The summed E-state index contributed by atoms with van der Waals surface area (Å²) in [6.07, 6.45) is 4.58. The monoisotopic (exact) mass is 412 g/mol. The van der Waals surface area contributed by atoms with E-state index >= 15 is 0 Å². The first-order chi connectivity index (χ1) is 15.2. The van der Waals surface area contributed by atoms with Crippen LogP contribution in [0.4, 0.5) is 0 Å². The molecule has 0 bridgehead atoms. The van der Waals surface area contributed by atoms with Gasteiger partial charge in [-0.25, -0.2) is 0 Å². The van der Waals surface area contributed by atoms with Gasteiger partial charge in [-0.1, -0.05) is 68.8 Å². The summed E-state index contributed by atoms with van der Waals surface area (Å²) in [7, 11) is 0. The molecule has 0 spiro atoms. The molecule has 31 heavy (non-hydrogen) atoms. The van der Waals surface area contributed by atoms with Crippen LogP contribution in [0.2, 0.25) is 0 Å². The summed E-state index contributed by atoms with van der Waals surface area (Å²) in [5.41, 5.74) is 12.4. The van der Waals surface area contributed by atoms with Crippen molar-refractivity contribution < 1.29 is 4.74 Å². The van der Waals surface area contributed by atoms with Crippen LogP contribution < -0.4 is 10.5 Å². The minimum absolute atomic E-state index is 0.532. The van der Waals surface area contributed by atoms with E-state index in [1.54, 1.807) is 0 Å². The summed E-state index contributed by atoms with van der Waals surface area (Å²) in [6.45, 7) is 5.55. The molecule has 160 valence electrons. The Morgan fingerprint density at radius 3 is 2.45 bits per heavy atom. The zero-order valence-corrected chi connectivity index (χ0v) is 18.6. The van der Waals surface area contributed by atoms with Gasteiger partial charge in [-0.2, -0.15) is 5.26 Å². The minimum atomic E-state index is 0.532. The van der Waals surface area contributed by atoms with E-state index in [9.17, 15) is 5.26 Å². The van der Waals surface area contributed by atoms with Crippen molar-refractivity contribution in [2.75, 3.05) is 6.54 Å². The van der Waals surface area contributed by atoms with Crippen LogP contribution in [0.1, 0.15) is 48.9 Å². The number of hydrogen-bond donors (Lipinski definition) is 1. The van der Waals surface area contributed by atoms with Crippen LogP contribution in [0.25, 0.3) is 11.1 Å². The SMILES string of the molecule is CCC.N#Cc1ccccc1-c1ccc(COc2ccc3c(c2)CCC(CN)C3)cc1. The summed E-state index contributed by atoms with van der Waals surface area (Å²) in [6, 6.07) is 24.6. The number of nitrogens with two attached hydrogens (primary N) is 1. The van der Waals surface area contributed by atoms with Gasteiger partial charge in [0.1, 0.15) is 12.4 Å². The number of rotatable bonds is 5. The topological polar surface area (TPSA) is 59.0 Å². The Hall–Kier alpha value is -3.09. The van der Waals surface area contributed by atoms with Crippen molar-refractivity contribution in [3.8, 4) is 22.9 Å². The zero-order valence-electron chi connectivity index (χ0n) is 18.6. The van der Waals surface area contributed by atoms with E-state index in [4.69, 9.17) is 10.5 Å². The first kappa shape index (κ1) is 22.6. The first-order valence-electron chi connectivity index (χ1n) is 11.2. The number of benzene rings is 3. The van der Waals surface area contributed by atoms with E-state index < -0.39 is 0 Å². The van der Waals surface area contributed by atoms with Gasteiger partial charge in [0.25, 0.3) is 0 Å². The summed E-state index contributed by atoms with van der Waals surface area (Å²) in [4.78, 5) is 0. The molecule has 1 unspecified atom stereocenters. The summed E-state index contributed by atoms with van der Waals surface area (Å²) in [5.74, 6) is 1.53. The highest BCUT2D eigenvalue weighted by molar-refractivity contribution is 5.70. The summed E-state index contributed by atoms with van der Waals surface area (Å²) in [5, 5.41) is 9.28. The van der Waals surface area contributed by atoms with Crippen LogP contribution in [0.3, 0.4) is 0 Å². The summed E-state index contributed by atoms with van der Waals surface area (Å²) >= 11 is 0. The Morgan fingerprint density at radius 2 is 1.74 bits per heavy atom. The number of aryl methyl sites for hydroxylation is 1. The molecular weight excluding hydrogens is 380 g/mol. The van der Waals surface area contributed by atoms with Gasteiger partial charge in [0.2, 0.25) is 0 Å². The van der Waals surface area contributed by atoms with Gasteiger partial charge in [-0.15, -0.1) is 0 Å². The fourth-order valence-corrected chi connectivity index (χ4v) is 3.88. The van der Waals surface area contributed by atoms with Crippen molar-refractivity contribution in [2.45, 2.75) is 46.1 Å². The fourth-order valence-electron chi connectivity index (χ4n) is 3.88.